The first-order chi connectivity index (χ1) is 27.7. The number of rotatable bonds is 7. The van der Waals surface area contributed by atoms with Crippen LogP contribution in [0, 0.1) is 0 Å². The molecule has 0 saturated carbocycles. The highest BCUT2D eigenvalue weighted by Gasteiger charge is 2.16. The van der Waals surface area contributed by atoms with Crippen molar-refractivity contribution in [3.63, 3.8) is 0 Å². The van der Waals surface area contributed by atoms with E-state index in [2.05, 4.69) is 164 Å². The smallest absolute Gasteiger partial charge is 0.164 e. The van der Waals surface area contributed by atoms with Crippen LogP contribution in [0.5, 0.6) is 0 Å². The summed E-state index contributed by atoms with van der Waals surface area (Å²) in [5.74, 6) is 1.82. The molecule has 0 amide bonds. The molecule has 0 fully saturated rings. The van der Waals surface area contributed by atoms with Crippen molar-refractivity contribution in [2.24, 2.45) is 0 Å². The van der Waals surface area contributed by atoms with Gasteiger partial charge in [-0.3, -0.25) is 0 Å². The topological polar surface area (TPSA) is 51.6 Å². The van der Waals surface area contributed by atoms with E-state index in [1.807, 2.05) is 42.5 Å². The molecule has 0 spiro atoms. The van der Waals surface area contributed by atoms with Gasteiger partial charge in [-0.05, 0) is 86.6 Å². The Morgan fingerprint density at radius 3 is 1.30 bits per heavy atom. The van der Waals surface area contributed by atoms with Crippen molar-refractivity contribution >= 4 is 21.7 Å². The normalized spacial score (nSPS) is 11.2. The van der Waals surface area contributed by atoms with Crippen LogP contribution >= 0.6 is 0 Å². The zero-order valence-corrected chi connectivity index (χ0v) is 30.4. The number of benzene rings is 8. The maximum Gasteiger partial charge on any atom is 0.164 e. The Morgan fingerprint density at radius 1 is 0.214 bits per heavy atom. The van der Waals surface area contributed by atoms with Gasteiger partial charge < -0.3 is 0 Å². The lowest BCUT2D eigenvalue weighted by molar-refractivity contribution is 1.07. The molecule has 8 aromatic carbocycles. The number of hydrogen-bond donors (Lipinski definition) is 0. The van der Waals surface area contributed by atoms with Crippen LogP contribution in [-0.4, -0.2) is 19.9 Å². The second-order valence-electron chi connectivity index (χ2n) is 14.0. The lowest BCUT2D eigenvalue weighted by Gasteiger charge is -2.13. The lowest BCUT2D eigenvalue weighted by atomic mass is 9.95. The van der Waals surface area contributed by atoms with Gasteiger partial charge in [0.1, 0.15) is 0 Å². The van der Waals surface area contributed by atoms with Crippen molar-refractivity contribution in [1.82, 2.24) is 19.9 Å². The highest BCUT2D eigenvalue weighted by Crippen LogP contribution is 2.35. The molecule has 2 aromatic heterocycles. The molecular weight excluding hydrogens is 681 g/mol. The molecule has 4 heteroatoms. The van der Waals surface area contributed by atoms with Crippen molar-refractivity contribution in [1.29, 1.82) is 0 Å². The SMILES string of the molecule is c1ccc(-c2ccc(-c3nc(-c4ccccc4)nc(-c4cc(-c5cccc(-c6ccccc6)c5)cc(-c5ccc6cc7ccccc7cc6n5)c4)n3)cc2)cc1. The fraction of sp³-hybridized carbons (Fsp3) is 0. The third-order valence-corrected chi connectivity index (χ3v) is 10.3. The number of aromatic nitrogens is 4. The van der Waals surface area contributed by atoms with E-state index in [4.69, 9.17) is 19.9 Å². The highest BCUT2D eigenvalue weighted by atomic mass is 15.0. The first kappa shape index (κ1) is 33.0. The third-order valence-electron chi connectivity index (χ3n) is 10.3. The van der Waals surface area contributed by atoms with Crippen LogP contribution in [0.4, 0.5) is 0 Å². The molecule has 0 aliphatic carbocycles. The van der Waals surface area contributed by atoms with Gasteiger partial charge in [-0.2, -0.15) is 0 Å². The van der Waals surface area contributed by atoms with Crippen molar-refractivity contribution in [3.8, 4) is 78.8 Å². The second-order valence-corrected chi connectivity index (χ2v) is 14.0. The third kappa shape index (κ3) is 6.61. The molecular formula is C52H34N4. The van der Waals surface area contributed by atoms with Gasteiger partial charge >= 0.3 is 0 Å². The predicted molar refractivity (Wildman–Crippen MR) is 231 cm³/mol. The molecule has 4 nitrogen and oxygen atoms in total. The summed E-state index contributed by atoms with van der Waals surface area (Å²) < 4.78 is 0. The van der Waals surface area contributed by atoms with Gasteiger partial charge in [0.25, 0.3) is 0 Å². The molecule has 262 valence electrons. The van der Waals surface area contributed by atoms with Crippen LogP contribution in [0.15, 0.2) is 206 Å². The Bertz CT molecular complexity index is 3000. The molecule has 10 aromatic rings. The molecule has 0 bridgehead atoms. The molecule has 0 N–H and O–H groups in total. The average Bonchev–Trinajstić information content (AvgIpc) is 3.29. The van der Waals surface area contributed by atoms with Gasteiger partial charge in [0, 0.05) is 27.6 Å². The molecule has 0 atom stereocenters. The molecule has 10 rings (SSSR count). The molecule has 0 aliphatic heterocycles. The van der Waals surface area contributed by atoms with E-state index in [1.54, 1.807) is 0 Å². The van der Waals surface area contributed by atoms with Gasteiger partial charge in [-0.15, -0.1) is 0 Å². The minimum Gasteiger partial charge on any atom is -0.248 e. The molecule has 0 saturated heterocycles. The number of fused-ring (bicyclic) bond motifs is 2. The first-order valence-electron chi connectivity index (χ1n) is 18.8. The maximum absolute atomic E-state index is 5.24. The molecule has 56 heavy (non-hydrogen) atoms. The van der Waals surface area contributed by atoms with Crippen LogP contribution in [0.3, 0.4) is 0 Å². The summed E-state index contributed by atoms with van der Waals surface area (Å²) in [5, 5.41) is 3.47. The summed E-state index contributed by atoms with van der Waals surface area (Å²) in [6.07, 6.45) is 0. The average molecular weight is 715 g/mol. The van der Waals surface area contributed by atoms with Gasteiger partial charge in [-0.1, -0.05) is 164 Å². The van der Waals surface area contributed by atoms with Crippen molar-refractivity contribution < 1.29 is 0 Å². The molecule has 0 radical (unpaired) electrons. The van der Waals surface area contributed by atoms with E-state index in [0.717, 1.165) is 66.7 Å². The molecule has 0 aliphatic rings. The first-order valence-corrected chi connectivity index (χ1v) is 18.8. The van der Waals surface area contributed by atoms with Crippen LogP contribution < -0.4 is 0 Å². The summed E-state index contributed by atoms with van der Waals surface area (Å²) in [5.41, 5.74) is 12.3. The fourth-order valence-corrected chi connectivity index (χ4v) is 7.35. The summed E-state index contributed by atoms with van der Waals surface area (Å²) in [4.78, 5) is 20.6. The molecule has 2 heterocycles. The summed E-state index contributed by atoms with van der Waals surface area (Å²) >= 11 is 0. The minimum absolute atomic E-state index is 0.593. The monoisotopic (exact) mass is 714 g/mol. The van der Waals surface area contributed by atoms with Crippen molar-refractivity contribution in [2.45, 2.75) is 0 Å². The standard InChI is InChI=1S/C52H34N4/c1-4-13-35(14-5-1)37-23-25-39(26-24-37)51-54-50(38-17-8-3-9-18-38)55-52(56-51)47-32-45(42-22-12-21-40(29-42)36-15-6-2-7-16-36)31-46(33-47)48-28-27-44-30-41-19-10-11-20-43(41)34-49(44)53-48/h1-34H. The van der Waals surface area contributed by atoms with Crippen molar-refractivity contribution in [2.75, 3.05) is 0 Å². The number of hydrogen-bond acceptors (Lipinski definition) is 4. The largest absolute Gasteiger partial charge is 0.248 e. The van der Waals surface area contributed by atoms with E-state index in [9.17, 15) is 0 Å². The van der Waals surface area contributed by atoms with Gasteiger partial charge in [0.15, 0.2) is 17.5 Å². The second kappa shape index (κ2) is 14.3. The van der Waals surface area contributed by atoms with E-state index < -0.39 is 0 Å². The van der Waals surface area contributed by atoms with Gasteiger partial charge in [0.05, 0.1) is 11.2 Å². The van der Waals surface area contributed by atoms with E-state index >= 15 is 0 Å². The zero-order valence-electron chi connectivity index (χ0n) is 30.4. The predicted octanol–water partition coefficient (Wildman–Crippen LogP) is 13.2. The summed E-state index contributed by atoms with van der Waals surface area (Å²) in [6.45, 7) is 0. The minimum atomic E-state index is 0.593. The van der Waals surface area contributed by atoms with Crippen LogP contribution in [0.25, 0.3) is 100 Å². The van der Waals surface area contributed by atoms with E-state index in [0.29, 0.717) is 17.5 Å². The lowest BCUT2D eigenvalue weighted by Crippen LogP contribution is -2.01. The number of nitrogens with zero attached hydrogens (tertiary/aromatic N) is 4. The number of pyridine rings is 1. The Balaban J connectivity index is 1.15. The molecule has 0 unspecified atom stereocenters. The fourth-order valence-electron chi connectivity index (χ4n) is 7.35. The highest BCUT2D eigenvalue weighted by molar-refractivity contribution is 5.97. The van der Waals surface area contributed by atoms with Crippen LogP contribution in [0.1, 0.15) is 0 Å². The quantitative estimate of drug-likeness (QED) is 0.154. The van der Waals surface area contributed by atoms with Gasteiger partial charge in [-0.25, -0.2) is 19.9 Å². The van der Waals surface area contributed by atoms with Crippen LogP contribution in [-0.2, 0) is 0 Å². The van der Waals surface area contributed by atoms with E-state index in [1.165, 1.54) is 16.3 Å². The van der Waals surface area contributed by atoms with Gasteiger partial charge in [0.2, 0.25) is 0 Å². The maximum atomic E-state index is 5.24. The van der Waals surface area contributed by atoms with Crippen molar-refractivity contribution in [3.05, 3.63) is 206 Å². The zero-order chi connectivity index (χ0) is 37.3. The summed E-state index contributed by atoms with van der Waals surface area (Å²) in [6, 6.07) is 71.8. The Kier molecular flexibility index (Phi) is 8.47. The Labute approximate surface area is 325 Å². The van der Waals surface area contributed by atoms with E-state index in [-0.39, 0.29) is 0 Å². The summed E-state index contributed by atoms with van der Waals surface area (Å²) in [7, 11) is 0. The Morgan fingerprint density at radius 2 is 0.643 bits per heavy atom. The Hall–Kier alpha value is -7.56. The van der Waals surface area contributed by atoms with Crippen LogP contribution in [0.2, 0.25) is 0 Å².